The maximum Gasteiger partial charge on any atom is 0.242 e. The molecule has 4 unspecified atom stereocenters. The molecule has 3 aliphatic rings. The number of nitriles is 1. The molecule has 2 fully saturated rings. The minimum atomic E-state index is -2.63. The number of carbonyl (C=O) groups is 2. The van der Waals surface area contributed by atoms with E-state index in [1.807, 2.05) is 6.07 Å². The predicted octanol–water partition coefficient (Wildman–Crippen LogP) is 1.61. The lowest BCUT2D eigenvalue weighted by Gasteiger charge is -2.47. The number of hydrogen-bond donors (Lipinski definition) is 1. The SMILES string of the molecule is CC1(C)CC2(C=C(C#N)C1=O)CN(C(=O)C1NCC(C(F)F)CC1F)CCO2. The van der Waals surface area contributed by atoms with Crippen molar-refractivity contribution in [2.24, 2.45) is 11.3 Å². The van der Waals surface area contributed by atoms with Gasteiger partial charge in [-0.2, -0.15) is 5.26 Å². The van der Waals surface area contributed by atoms with Crippen molar-refractivity contribution >= 4 is 11.7 Å². The van der Waals surface area contributed by atoms with E-state index in [2.05, 4.69) is 5.32 Å². The third-order valence-electron chi connectivity index (χ3n) is 5.76. The molecule has 0 saturated carbocycles. The number of alkyl halides is 3. The summed E-state index contributed by atoms with van der Waals surface area (Å²) in [7, 11) is 0. The van der Waals surface area contributed by atoms with E-state index in [-0.39, 0.29) is 44.0 Å². The van der Waals surface area contributed by atoms with Gasteiger partial charge in [-0.15, -0.1) is 0 Å². The summed E-state index contributed by atoms with van der Waals surface area (Å²) >= 11 is 0. The third-order valence-corrected chi connectivity index (χ3v) is 5.76. The second-order valence-electron chi connectivity index (χ2n) is 8.46. The summed E-state index contributed by atoms with van der Waals surface area (Å²) in [5.41, 5.74) is -1.84. The van der Waals surface area contributed by atoms with Crippen molar-refractivity contribution in [1.82, 2.24) is 10.2 Å². The first-order valence-corrected chi connectivity index (χ1v) is 9.35. The van der Waals surface area contributed by atoms with Gasteiger partial charge in [0.2, 0.25) is 12.3 Å². The first kappa shape index (κ1) is 20.8. The van der Waals surface area contributed by atoms with Gasteiger partial charge in [-0.05, 0) is 18.9 Å². The molecule has 4 atom stereocenters. The Morgan fingerprint density at radius 1 is 1.46 bits per heavy atom. The smallest absolute Gasteiger partial charge is 0.242 e. The van der Waals surface area contributed by atoms with E-state index in [1.165, 1.54) is 11.0 Å². The van der Waals surface area contributed by atoms with Crippen LogP contribution >= 0.6 is 0 Å². The number of hydrogen-bond acceptors (Lipinski definition) is 5. The van der Waals surface area contributed by atoms with Crippen LogP contribution in [0.4, 0.5) is 13.2 Å². The molecular formula is C19H24F3N3O3. The van der Waals surface area contributed by atoms with Crippen molar-refractivity contribution in [3.8, 4) is 6.07 Å². The molecule has 1 N–H and O–H groups in total. The fraction of sp³-hybridized carbons (Fsp3) is 0.737. The van der Waals surface area contributed by atoms with Gasteiger partial charge in [-0.3, -0.25) is 9.59 Å². The maximum absolute atomic E-state index is 14.4. The molecule has 6 nitrogen and oxygen atoms in total. The van der Waals surface area contributed by atoms with Gasteiger partial charge in [-0.1, -0.05) is 13.8 Å². The van der Waals surface area contributed by atoms with Crippen LogP contribution in [0.3, 0.4) is 0 Å². The minimum absolute atomic E-state index is 0.00974. The normalized spacial score (nSPS) is 35.6. The minimum Gasteiger partial charge on any atom is -0.367 e. The predicted molar refractivity (Wildman–Crippen MR) is 93.2 cm³/mol. The third kappa shape index (κ3) is 3.80. The van der Waals surface area contributed by atoms with E-state index >= 15 is 0 Å². The van der Waals surface area contributed by atoms with Crippen LogP contribution in [-0.4, -0.2) is 67.1 Å². The molecule has 0 radical (unpaired) electrons. The Kier molecular flexibility index (Phi) is 5.56. The number of amides is 1. The summed E-state index contributed by atoms with van der Waals surface area (Å²) in [6.07, 6.45) is -2.94. The van der Waals surface area contributed by atoms with Gasteiger partial charge >= 0.3 is 0 Å². The van der Waals surface area contributed by atoms with E-state index in [0.717, 1.165) is 0 Å². The van der Waals surface area contributed by atoms with E-state index in [1.54, 1.807) is 13.8 Å². The molecule has 0 aromatic carbocycles. The fourth-order valence-electron chi connectivity index (χ4n) is 4.39. The van der Waals surface area contributed by atoms with Crippen LogP contribution < -0.4 is 5.32 Å². The molecule has 1 spiro atoms. The number of halogens is 3. The number of piperidine rings is 1. The highest BCUT2D eigenvalue weighted by molar-refractivity contribution is 6.04. The van der Waals surface area contributed by atoms with Crippen LogP contribution in [0.5, 0.6) is 0 Å². The first-order valence-electron chi connectivity index (χ1n) is 9.35. The lowest BCUT2D eigenvalue weighted by Crippen LogP contribution is -2.62. The highest BCUT2D eigenvalue weighted by atomic mass is 19.3. The highest BCUT2D eigenvalue weighted by Gasteiger charge is 2.50. The zero-order chi connectivity index (χ0) is 20.7. The van der Waals surface area contributed by atoms with E-state index in [9.17, 15) is 28.0 Å². The number of nitrogens with one attached hydrogen (secondary N) is 1. The molecule has 0 bridgehead atoms. The van der Waals surface area contributed by atoms with Crippen LogP contribution in [0.25, 0.3) is 0 Å². The summed E-state index contributed by atoms with van der Waals surface area (Å²) in [4.78, 5) is 26.7. The zero-order valence-corrected chi connectivity index (χ0v) is 15.9. The van der Waals surface area contributed by atoms with Gasteiger partial charge in [-0.25, -0.2) is 13.2 Å². The Hall–Kier alpha value is -1.92. The summed E-state index contributed by atoms with van der Waals surface area (Å²) in [6.45, 7) is 3.80. The van der Waals surface area contributed by atoms with Crippen LogP contribution in [0, 0.1) is 22.7 Å². The standard InChI is InChI=1S/C19H24F3N3O3/c1-18(2)9-19(6-12(7-23)15(18)26)10-25(3-4-28-19)17(27)14-13(20)5-11(8-24-14)16(21)22/h6,11,13-14,16,24H,3-5,8-10H2,1-2H3. The number of carbonyl (C=O) groups excluding carboxylic acids is 2. The topological polar surface area (TPSA) is 82.4 Å². The highest BCUT2D eigenvalue weighted by Crippen LogP contribution is 2.41. The molecule has 2 saturated heterocycles. The van der Waals surface area contributed by atoms with Crippen LogP contribution in [0.15, 0.2) is 11.6 Å². The van der Waals surface area contributed by atoms with Crippen molar-refractivity contribution < 1.29 is 27.5 Å². The molecule has 154 valence electrons. The van der Waals surface area contributed by atoms with E-state index < -0.39 is 41.5 Å². The first-order chi connectivity index (χ1) is 13.1. The van der Waals surface area contributed by atoms with Gasteiger partial charge in [0.05, 0.1) is 18.7 Å². The molecule has 28 heavy (non-hydrogen) atoms. The molecule has 1 aliphatic carbocycles. The summed E-state index contributed by atoms with van der Waals surface area (Å²) in [5.74, 6) is -1.89. The zero-order valence-electron chi connectivity index (χ0n) is 15.9. The molecule has 2 heterocycles. The van der Waals surface area contributed by atoms with Crippen molar-refractivity contribution in [3.05, 3.63) is 11.6 Å². The quantitative estimate of drug-likeness (QED) is 0.763. The number of allylic oxidation sites excluding steroid dienone is 1. The van der Waals surface area contributed by atoms with Gasteiger partial charge < -0.3 is 15.0 Å². The Labute approximate surface area is 161 Å². The molecule has 2 aliphatic heterocycles. The van der Waals surface area contributed by atoms with E-state index in [4.69, 9.17) is 4.74 Å². The van der Waals surface area contributed by atoms with Crippen LogP contribution in [0.2, 0.25) is 0 Å². The average Bonchev–Trinajstić information content (AvgIpc) is 2.63. The molecule has 0 aromatic heterocycles. The number of nitrogens with zero attached hydrogens (tertiary/aromatic N) is 2. The van der Waals surface area contributed by atoms with Gasteiger partial charge in [0.15, 0.2) is 5.78 Å². The second kappa shape index (κ2) is 7.48. The number of Topliss-reactive ketones (excluding diaryl/α,β-unsaturated/α-hetero) is 1. The Bertz CT molecular complexity index is 734. The Morgan fingerprint density at radius 2 is 2.18 bits per heavy atom. The fourth-order valence-corrected chi connectivity index (χ4v) is 4.39. The van der Waals surface area contributed by atoms with Gasteiger partial charge in [0.25, 0.3) is 0 Å². The van der Waals surface area contributed by atoms with Crippen molar-refractivity contribution in [2.75, 3.05) is 26.2 Å². The number of ether oxygens (including phenoxy) is 1. The number of morpholine rings is 1. The second-order valence-corrected chi connectivity index (χ2v) is 8.46. The summed E-state index contributed by atoms with van der Waals surface area (Å²) < 4.78 is 45.9. The lowest BCUT2D eigenvalue weighted by molar-refractivity contribution is -0.155. The summed E-state index contributed by atoms with van der Waals surface area (Å²) in [5, 5.41) is 11.9. The molecule has 0 aromatic rings. The van der Waals surface area contributed by atoms with Crippen molar-refractivity contribution in [1.29, 1.82) is 5.26 Å². The Morgan fingerprint density at radius 3 is 2.79 bits per heavy atom. The number of ketones is 1. The summed E-state index contributed by atoms with van der Waals surface area (Å²) in [6, 6.07) is 0.718. The van der Waals surface area contributed by atoms with Crippen LogP contribution in [0.1, 0.15) is 26.7 Å². The largest absolute Gasteiger partial charge is 0.367 e. The monoisotopic (exact) mass is 399 g/mol. The maximum atomic E-state index is 14.4. The van der Waals surface area contributed by atoms with Crippen molar-refractivity contribution in [3.63, 3.8) is 0 Å². The average molecular weight is 399 g/mol. The van der Waals surface area contributed by atoms with Gasteiger partial charge in [0.1, 0.15) is 23.9 Å². The molecule has 1 amide bonds. The molecular weight excluding hydrogens is 375 g/mol. The lowest BCUT2D eigenvalue weighted by atomic mass is 9.69. The molecule has 9 heteroatoms. The number of rotatable bonds is 2. The van der Waals surface area contributed by atoms with Gasteiger partial charge in [0, 0.05) is 24.4 Å². The Balaban J connectivity index is 1.77. The van der Waals surface area contributed by atoms with Crippen molar-refractivity contribution in [2.45, 2.75) is 50.9 Å². The molecule has 3 rings (SSSR count). The van der Waals surface area contributed by atoms with E-state index in [0.29, 0.717) is 6.42 Å². The van der Waals surface area contributed by atoms with Crippen LogP contribution in [-0.2, 0) is 14.3 Å².